The number of sulfone groups is 1. The largest absolute Gasteiger partial charge is 0.388 e. The molecule has 3 rings (SSSR count). The summed E-state index contributed by atoms with van der Waals surface area (Å²) in [7, 11) is -3.29. The van der Waals surface area contributed by atoms with Crippen molar-refractivity contribution in [3.8, 4) is 0 Å². The Morgan fingerprint density at radius 1 is 1.27 bits per heavy atom. The molecule has 0 aliphatic heterocycles. The lowest BCUT2D eigenvalue weighted by molar-refractivity contribution is 0.0614. The van der Waals surface area contributed by atoms with Crippen molar-refractivity contribution in [2.75, 3.05) is 18.1 Å². The van der Waals surface area contributed by atoms with Crippen molar-refractivity contribution in [1.82, 2.24) is 9.97 Å². The first kappa shape index (κ1) is 15.2. The van der Waals surface area contributed by atoms with E-state index in [1.54, 1.807) is 18.2 Å². The fourth-order valence-electron chi connectivity index (χ4n) is 2.87. The summed E-state index contributed by atoms with van der Waals surface area (Å²) in [6.45, 7) is 0.405. The molecule has 1 aromatic heterocycles. The third kappa shape index (κ3) is 3.05. The second-order valence-electron chi connectivity index (χ2n) is 5.96. The Hall–Kier alpha value is -1.73. The molecule has 7 heteroatoms. The van der Waals surface area contributed by atoms with E-state index in [2.05, 4.69) is 15.3 Å². The van der Waals surface area contributed by atoms with Gasteiger partial charge in [-0.25, -0.2) is 18.4 Å². The molecule has 0 amide bonds. The van der Waals surface area contributed by atoms with Crippen LogP contribution in [0.15, 0.2) is 29.4 Å². The summed E-state index contributed by atoms with van der Waals surface area (Å²) < 4.78 is 23.4. The molecular formula is C15H19N3O3S. The van der Waals surface area contributed by atoms with Crippen LogP contribution in [-0.2, 0) is 9.84 Å². The van der Waals surface area contributed by atoms with Crippen molar-refractivity contribution >= 4 is 26.6 Å². The van der Waals surface area contributed by atoms with Crippen LogP contribution in [0.3, 0.4) is 0 Å². The second-order valence-corrected chi connectivity index (χ2v) is 7.97. The van der Waals surface area contributed by atoms with E-state index >= 15 is 0 Å². The molecule has 1 aliphatic carbocycles. The molecule has 1 aliphatic rings. The minimum atomic E-state index is -3.29. The van der Waals surface area contributed by atoms with Crippen molar-refractivity contribution in [2.45, 2.75) is 36.2 Å². The predicted molar refractivity (Wildman–Crippen MR) is 84.6 cm³/mol. The van der Waals surface area contributed by atoms with E-state index in [0.29, 0.717) is 23.3 Å². The summed E-state index contributed by atoms with van der Waals surface area (Å²) in [5.41, 5.74) is -0.0329. The van der Waals surface area contributed by atoms with E-state index in [1.165, 1.54) is 12.6 Å². The Kier molecular flexibility index (Phi) is 3.78. The maximum absolute atomic E-state index is 11.7. The van der Waals surface area contributed by atoms with Gasteiger partial charge in [0.1, 0.15) is 12.1 Å². The monoisotopic (exact) mass is 321 g/mol. The molecule has 118 valence electrons. The minimum Gasteiger partial charge on any atom is -0.388 e. The number of rotatable bonds is 4. The van der Waals surface area contributed by atoms with E-state index < -0.39 is 15.4 Å². The molecule has 2 N–H and O–H groups in total. The van der Waals surface area contributed by atoms with Gasteiger partial charge in [-0.05, 0) is 31.0 Å². The van der Waals surface area contributed by atoms with Crippen molar-refractivity contribution in [1.29, 1.82) is 0 Å². The average Bonchev–Trinajstić information content (AvgIpc) is 2.91. The molecule has 0 spiro atoms. The van der Waals surface area contributed by atoms with Crippen LogP contribution < -0.4 is 5.32 Å². The second kappa shape index (κ2) is 5.48. The Bertz CT molecular complexity index is 799. The van der Waals surface area contributed by atoms with Crippen LogP contribution >= 0.6 is 0 Å². The van der Waals surface area contributed by atoms with Gasteiger partial charge in [0.05, 0.1) is 16.0 Å². The standard InChI is InChI=1S/C15H19N3O3S/c1-22(20,21)11-4-5-13-12(8-11)14(18-10-17-13)16-9-15(19)6-2-3-7-15/h4-5,8,10,19H,2-3,6-7,9H2,1H3,(H,16,17,18). The lowest BCUT2D eigenvalue weighted by atomic mass is 10.0. The number of hydrogen-bond donors (Lipinski definition) is 2. The normalized spacial score (nSPS) is 17.7. The van der Waals surface area contributed by atoms with E-state index in [9.17, 15) is 13.5 Å². The smallest absolute Gasteiger partial charge is 0.175 e. The highest BCUT2D eigenvalue weighted by molar-refractivity contribution is 7.90. The topological polar surface area (TPSA) is 92.2 Å². The van der Waals surface area contributed by atoms with Gasteiger partial charge in [-0.15, -0.1) is 0 Å². The van der Waals surface area contributed by atoms with Crippen molar-refractivity contribution in [3.63, 3.8) is 0 Å². The first-order chi connectivity index (χ1) is 10.4. The van der Waals surface area contributed by atoms with Crippen LogP contribution in [-0.4, -0.2) is 41.9 Å². The lowest BCUT2D eigenvalue weighted by Crippen LogP contribution is -2.33. The average molecular weight is 321 g/mol. The van der Waals surface area contributed by atoms with Crippen molar-refractivity contribution in [3.05, 3.63) is 24.5 Å². The maximum atomic E-state index is 11.7. The molecular weight excluding hydrogens is 302 g/mol. The molecule has 2 aromatic rings. The molecule has 1 aromatic carbocycles. The van der Waals surface area contributed by atoms with Gasteiger partial charge in [0, 0.05) is 18.2 Å². The SMILES string of the molecule is CS(=O)(=O)c1ccc2ncnc(NCC3(O)CCCC3)c2c1. The van der Waals surface area contributed by atoms with Crippen LogP contribution in [0.25, 0.3) is 10.9 Å². The Morgan fingerprint density at radius 3 is 2.68 bits per heavy atom. The minimum absolute atomic E-state index is 0.234. The quantitative estimate of drug-likeness (QED) is 0.891. The summed E-state index contributed by atoms with van der Waals surface area (Å²) in [4.78, 5) is 8.58. The van der Waals surface area contributed by atoms with E-state index in [1.807, 2.05) is 0 Å². The van der Waals surface area contributed by atoms with Gasteiger partial charge in [-0.1, -0.05) is 12.8 Å². The maximum Gasteiger partial charge on any atom is 0.175 e. The van der Waals surface area contributed by atoms with Crippen LogP contribution in [0.4, 0.5) is 5.82 Å². The first-order valence-electron chi connectivity index (χ1n) is 7.29. The first-order valence-corrected chi connectivity index (χ1v) is 9.18. The molecule has 0 atom stereocenters. The number of anilines is 1. The van der Waals surface area contributed by atoms with Crippen LogP contribution in [0.5, 0.6) is 0 Å². The Balaban J connectivity index is 1.94. The summed E-state index contributed by atoms with van der Waals surface area (Å²) in [5, 5.41) is 14.2. The molecule has 6 nitrogen and oxygen atoms in total. The molecule has 0 unspecified atom stereocenters. The third-order valence-corrected chi connectivity index (χ3v) is 5.26. The predicted octanol–water partition coefficient (Wildman–Crippen LogP) is 1.75. The van der Waals surface area contributed by atoms with Crippen LogP contribution in [0.2, 0.25) is 0 Å². The van der Waals surface area contributed by atoms with Gasteiger partial charge < -0.3 is 10.4 Å². The number of hydrogen-bond acceptors (Lipinski definition) is 6. The van der Waals surface area contributed by atoms with E-state index in [4.69, 9.17) is 0 Å². The van der Waals surface area contributed by atoms with E-state index in [0.717, 1.165) is 25.7 Å². The van der Waals surface area contributed by atoms with Gasteiger partial charge in [0.2, 0.25) is 0 Å². The zero-order chi connectivity index (χ0) is 15.8. The number of aromatic nitrogens is 2. The molecule has 0 bridgehead atoms. The van der Waals surface area contributed by atoms with Gasteiger partial charge in [0.15, 0.2) is 9.84 Å². The van der Waals surface area contributed by atoms with Crippen LogP contribution in [0, 0.1) is 0 Å². The molecule has 1 fully saturated rings. The highest BCUT2D eigenvalue weighted by Crippen LogP contribution is 2.30. The molecule has 1 heterocycles. The number of fused-ring (bicyclic) bond motifs is 1. The summed E-state index contributed by atoms with van der Waals surface area (Å²) in [5.74, 6) is 0.552. The highest BCUT2D eigenvalue weighted by Gasteiger charge is 2.30. The molecule has 0 radical (unpaired) electrons. The Labute approximate surface area is 129 Å². The van der Waals surface area contributed by atoms with Crippen molar-refractivity contribution < 1.29 is 13.5 Å². The fraction of sp³-hybridized carbons (Fsp3) is 0.467. The number of nitrogens with zero attached hydrogens (tertiary/aromatic N) is 2. The van der Waals surface area contributed by atoms with Crippen molar-refractivity contribution in [2.24, 2.45) is 0 Å². The fourth-order valence-corrected chi connectivity index (χ4v) is 3.51. The van der Waals surface area contributed by atoms with Gasteiger partial charge in [-0.2, -0.15) is 0 Å². The molecule has 0 saturated heterocycles. The molecule has 22 heavy (non-hydrogen) atoms. The van der Waals surface area contributed by atoms with E-state index in [-0.39, 0.29) is 4.90 Å². The third-order valence-electron chi connectivity index (χ3n) is 4.15. The summed E-state index contributed by atoms with van der Waals surface area (Å²) in [6, 6.07) is 4.79. The van der Waals surface area contributed by atoms with Gasteiger partial charge in [-0.3, -0.25) is 0 Å². The van der Waals surface area contributed by atoms with Gasteiger partial charge in [0.25, 0.3) is 0 Å². The van der Waals surface area contributed by atoms with Gasteiger partial charge >= 0.3 is 0 Å². The number of benzene rings is 1. The zero-order valence-corrected chi connectivity index (χ0v) is 13.2. The highest BCUT2D eigenvalue weighted by atomic mass is 32.2. The zero-order valence-electron chi connectivity index (χ0n) is 12.4. The summed E-state index contributed by atoms with van der Waals surface area (Å²) >= 11 is 0. The Morgan fingerprint density at radius 2 is 2.00 bits per heavy atom. The number of nitrogens with one attached hydrogen (secondary N) is 1. The van der Waals surface area contributed by atoms with Crippen LogP contribution in [0.1, 0.15) is 25.7 Å². The lowest BCUT2D eigenvalue weighted by Gasteiger charge is -2.23. The number of aliphatic hydroxyl groups is 1. The summed E-state index contributed by atoms with van der Waals surface area (Å²) in [6.07, 6.45) is 6.22. The molecule has 1 saturated carbocycles.